The van der Waals surface area contributed by atoms with Crippen molar-refractivity contribution in [1.29, 1.82) is 0 Å². The van der Waals surface area contributed by atoms with Crippen LogP contribution in [0.25, 0.3) is 11.3 Å². The molecule has 2 aromatic carbocycles. The summed E-state index contributed by atoms with van der Waals surface area (Å²) in [7, 11) is 1.68. The highest BCUT2D eigenvalue weighted by Crippen LogP contribution is 2.33. The normalized spacial score (nSPS) is 10.8. The van der Waals surface area contributed by atoms with E-state index in [9.17, 15) is 0 Å². The molecule has 146 valence electrons. The molecule has 0 bridgehead atoms. The number of rotatable bonds is 7. The number of methoxy groups -OCH3 is 1. The Hall–Kier alpha value is -2.52. The van der Waals surface area contributed by atoms with Crippen LogP contribution in [0.2, 0.25) is 5.02 Å². The summed E-state index contributed by atoms with van der Waals surface area (Å²) >= 11 is 6.27. The number of ether oxygens (including phenoxy) is 2. The van der Waals surface area contributed by atoms with E-state index in [0.29, 0.717) is 17.4 Å². The third kappa shape index (κ3) is 4.15. The Kier molecular flexibility index (Phi) is 6.58. The van der Waals surface area contributed by atoms with E-state index in [1.54, 1.807) is 7.11 Å². The quantitative estimate of drug-likeness (QED) is 0.462. The molecule has 0 saturated heterocycles. The van der Waals surface area contributed by atoms with Gasteiger partial charge in [0.25, 0.3) is 0 Å². The first kappa shape index (κ1) is 20.2. The number of para-hydroxylation sites is 1. The first-order valence-corrected chi connectivity index (χ1v) is 9.98. The molecule has 3 aromatic rings. The second-order valence-corrected chi connectivity index (χ2v) is 7.12. The number of aromatic nitrogens is 1. The van der Waals surface area contributed by atoms with Gasteiger partial charge < -0.3 is 9.47 Å². The maximum atomic E-state index is 6.27. The van der Waals surface area contributed by atoms with Crippen LogP contribution in [0.15, 0.2) is 48.7 Å². The molecule has 0 aliphatic rings. The van der Waals surface area contributed by atoms with Crippen LogP contribution in [-0.4, -0.2) is 12.1 Å². The number of aryl methyl sites for hydroxylation is 3. The summed E-state index contributed by atoms with van der Waals surface area (Å²) in [5, 5.41) is 0.605. The van der Waals surface area contributed by atoms with Crippen LogP contribution < -0.4 is 9.47 Å². The zero-order chi connectivity index (χ0) is 20.1. The molecule has 0 aliphatic carbocycles. The van der Waals surface area contributed by atoms with E-state index in [4.69, 9.17) is 26.1 Å². The van der Waals surface area contributed by atoms with Crippen molar-refractivity contribution < 1.29 is 9.47 Å². The Labute approximate surface area is 172 Å². The predicted molar refractivity (Wildman–Crippen MR) is 116 cm³/mol. The Morgan fingerprint density at radius 1 is 0.964 bits per heavy atom. The fourth-order valence-electron chi connectivity index (χ4n) is 3.42. The van der Waals surface area contributed by atoms with Gasteiger partial charge in [-0.2, -0.15) is 0 Å². The molecule has 0 spiro atoms. The van der Waals surface area contributed by atoms with Crippen molar-refractivity contribution in [2.75, 3.05) is 7.11 Å². The fraction of sp³-hybridized carbons (Fsp3) is 0.292. The van der Waals surface area contributed by atoms with E-state index in [0.717, 1.165) is 35.4 Å². The average molecular weight is 396 g/mol. The van der Waals surface area contributed by atoms with Gasteiger partial charge in [0, 0.05) is 23.4 Å². The third-order valence-electron chi connectivity index (χ3n) is 4.95. The summed E-state index contributed by atoms with van der Waals surface area (Å²) in [5.41, 5.74) is 6.62. The largest absolute Gasteiger partial charge is 0.496 e. The highest BCUT2D eigenvalue weighted by molar-refractivity contribution is 6.32. The summed E-state index contributed by atoms with van der Waals surface area (Å²) < 4.78 is 11.6. The van der Waals surface area contributed by atoms with Crippen LogP contribution in [0.1, 0.15) is 36.1 Å². The van der Waals surface area contributed by atoms with Crippen LogP contribution in [0.3, 0.4) is 0 Å². The molecule has 0 aliphatic heterocycles. The van der Waals surface area contributed by atoms with Gasteiger partial charge in [-0.15, -0.1) is 0 Å². The van der Waals surface area contributed by atoms with Crippen LogP contribution in [-0.2, 0) is 19.4 Å². The molecule has 0 fully saturated rings. The Morgan fingerprint density at radius 2 is 1.64 bits per heavy atom. The van der Waals surface area contributed by atoms with E-state index in [1.807, 2.05) is 37.4 Å². The lowest BCUT2D eigenvalue weighted by Gasteiger charge is -2.16. The molecule has 1 aromatic heterocycles. The summed E-state index contributed by atoms with van der Waals surface area (Å²) in [4.78, 5) is 4.74. The lowest BCUT2D eigenvalue weighted by molar-refractivity contribution is 0.294. The predicted octanol–water partition coefficient (Wildman–Crippen LogP) is 6.42. The maximum Gasteiger partial charge on any atom is 0.141 e. The highest BCUT2D eigenvalue weighted by atomic mass is 35.5. The number of nitrogens with zero attached hydrogens (tertiary/aromatic N) is 1. The molecule has 0 radical (unpaired) electrons. The van der Waals surface area contributed by atoms with Crippen molar-refractivity contribution in [3.8, 4) is 22.8 Å². The van der Waals surface area contributed by atoms with Gasteiger partial charge in [-0.3, -0.25) is 4.98 Å². The van der Waals surface area contributed by atoms with E-state index < -0.39 is 0 Å². The Balaban J connectivity index is 1.94. The van der Waals surface area contributed by atoms with Gasteiger partial charge in [0.2, 0.25) is 0 Å². The van der Waals surface area contributed by atoms with Crippen LogP contribution >= 0.6 is 11.6 Å². The molecular weight excluding hydrogens is 370 g/mol. The lowest BCUT2D eigenvalue weighted by atomic mass is 9.94. The van der Waals surface area contributed by atoms with E-state index in [2.05, 4.69) is 32.0 Å². The van der Waals surface area contributed by atoms with Gasteiger partial charge in [-0.25, -0.2) is 0 Å². The summed E-state index contributed by atoms with van der Waals surface area (Å²) in [6.07, 6.45) is 3.76. The Bertz CT molecular complexity index is 926. The highest BCUT2D eigenvalue weighted by Gasteiger charge is 2.14. The minimum absolute atomic E-state index is 0.344. The number of hydrogen-bond acceptors (Lipinski definition) is 3. The number of benzene rings is 2. The van der Waals surface area contributed by atoms with Crippen LogP contribution in [0.5, 0.6) is 11.5 Å². The first-order valence-electron chi connectivity index (χ1n) is 9.60. The Morgan fingerprint density at radius 3 is 2.25 bits per heavy atom. The molecule has 0 unspecified atom stereocenters. The third-order valence-corrected chi connectivity index (χ3v) is 5.25. The van der Waals surface area contributed by atoms with Crippen molar-refractivity contribution in [3.63, 3.8) is 0 Å². The van der Waals surface area contributed by atoms with Crippen molar-refractivity contribution in [2.24, 2.45) is 0 Å². The van der Waals surface area contributed by atoms with Gasteiger partial charge in [-0.1, -0.05) is 55.8 Å². The molecule has 0 saturated carbocycles. The molecule has 0 amide bonds. The fourth-order valence-corrected chi connectivity index (χ4v) is 3.70. The molecule has 0 N–H and O–H groups in total. The van der Waals surface area contributed by atoms with Gasteiger partial charge in [-0.05, 0) is 42.5 Å². The van der Waals surface area contributed by atoms with Gasteiger partial charge in [0.05, 0.1) is 17.8 Å². The number of pyridine rings is 1. The average Bonchev–Trinajstić information content (AvgIpc) is 2.72. The number of halogens is 1. The lowest BCUT2D eigenvalue weighted by Crippen LogP contribution is -2.03. The van der Waals surface area contributed by atoms with Crippen LogP contribution in [0.4, 0.5) is 0 Å². The molecule has 0 atom stereocenters. The molecule has 4 heteroatoms. The van der Waals surface area contributed by atoms with Crippen molar-refractivity contribution >= 4 is 11.6 Å². The van der Waals surface area contributed by atoms with Crippen molar-refractivity contribution in [3.05, 3.63) is 75.9 Å². The van der Waals surface area contributed by atoms with E-state index in [1.165, 1.54) is 16.7 Å². The van der Waals surface area contributed by atoms with Crippen LogP contribution in [0, 0.1) is 6.92 Å². The second kappa shape index (κ2) is 9.11. The van der Waals surface area contributed by atoms with Gasteiger partial charge >= 0.3 is 0 Å². The van der Waals surface area contributed by atoms with Crippen molar-refractivity contribution in [2.45, 2.75) is 40.2 Å². The maximum absolute atomic E-state index is 6.27. The monoisotopic (exact) mass is 395 g/mol. The number of hydrogen-bond donors (Lipinski definition) is 0. The SMILES string of the molecule is CCc1cccc(CC)c1-c1cc(OC)c(COc2c(C)cccc2Cl)cn1. The summed E-state index contributed by atoms with van der Waals surface area (Å²) in [6, 6.07) is 14.2. The van der Waals surface area contributed by atoms with Crippen molar-refractivity contribution in [1.82, 2.24) is 4.98 Å². The zero-order valence-corrected chi connectivity index (χ0v) is 17.6. The van der Waals surface area contributed by atoms with Gasteiger partial charge in [0.1, 0.15) is 18.1 Å². The molecule has 3 nitrogen and oxygen atoms in total. The minimum atomic E-state index is 0.344. The summed E-state index contributed by atoms with van der Waals surface area (Å²) in [5.74, 6) is 1.46. The van der Waals surface area contributed by atoms with Gasteiger partial charge in [0.15, 0.2) is 0 Å². The standard InChI is InChI=1S/C24H26ClNO2/c1-5-17-10-8-11-18(6-2)23(17)21-13-22(27-4)19(14-26-21)15-28-24-16(3)9-7-12-20(24)25/h7-14H,5-6,15H2,1-4H3. The van der Waals surface area contributed by atoms with E-state index in [-0.39, 0.29) is 0 Å². The first-order chi connectivity index (χ1) is 13.6. The molecule has 3 rings (SSSR count). The molecular formula is C24H26ClNO2. The zero-order valence-electron chi connectivity index (χ0n) is 16.9. The smallest absolute Gasteiger partial charge is 0.141 e. The molecule has 1 heterocycles. The topological polar surface area (TPSA) is 31.4 Å². The minimum Gasteiger partial charge on any atom is -0.496 e. The van der Waals surface area contributed by atoms with E-state index >= 15 is 0 Å². The second-order valence-electron chi connectivity index (χ2n) is 6.71. The summed E-state index contributed by atoms with van der Waals surface area (Å²) in [6.45, 7) is 6.66. The molecule has 28 heavy (non-hydrogen) atoms.